The normalized spacial score (nSPS) is 13.6. The molecule has 31 heavy (non-hydrogen) atoms. The molecule has 3 aromatic rings. The van der Waals surface area contributed by atoms with Gasteiger partial charge >= 0.3 is 0 Å². The molecule has 0 unspecified atom stereocenters. The minimum atomic E-state index is -0.340. The number of amides is 2. The van der Waals surface area contributed by atoms with Gasteiger partial charge in [0.05, 0.1) is 23.4 Å². The summed E-state index contributed by atoms with van der Waals surface area (Å²) in [6, 6.07) is 8.49. The number of hydrogen-bond donors (Lipinski definition) is 2. The summed E-state index contributed by atoms with van der Waals surface area (Å²) in [5, 5.41) is 5.43. The lowest BCUT2D eigenvalue weighted by Gasteiger charge is -2.12. The highest BCUT2D eigenvalue weighted by Crippen LogP contribution is 2.25. The summed E-state index contributed by atoms with van der Waals surface area (Å²) in [5.41, 5.74) is 7.91. The van der Waals surface area contributed by atoms with Crippen molar-refractivity contribution >= 4 is 34.2 Å². The Morgan fingerprint density at radius 1 is 1.13 bits per heavy atom. The van der Waals surface area contributed by atoms with E-state index in [2.05, 4.69) is 32.2 Å². The lowest BCUT2D eigenvalue weighted by atomic mass is 10.1. The summed E-state index contributed by atoms with van der Waals surface area (Å²) in [4.78, 5) is 43.8. The number of nitrogens with zero attached hydrogens (tertiary/aromatic N) is 5. The zero-order valence-corrected chi connectivity index (χ0v) is 17.7. The van der Waals surface area contributed by atoms with Crippen molar-refractivity contribution in [2.24, 2.45) is 10.7 Å². The van der Waals surface area contributed by atoms with Gasteiger partial charge < -0.3 is 11.1 Å². The summed E-state index contributed by atoms with van der Waals surface area (Å²) < 4.78 is 0. The van der Waals surface area contributed by atoms with E-state index < -0.39 is 0 Å². The van der Waals surface area contributed by atoms with E-state index in [1.165, 1.54) is 11.3 Å². The van der Waals surface area contributed by atoms with Crippen LogP contribution in [0.3, 0.4) is 0 Å². The van der Waals surface area contributed by atoms with Crippen LogP contribution in [0.5, 0.6) is 0 Å². The molecule has 2 amide bonds. The number of fused-ring (bicyclic) bond motifs is 1. The van der Waals surface area contributed by atoms with E-state index in [0.717, 1.165) is 17.7 Å². The van der Waals surface area contributed by atoms with Crippen LogP contribution >= 0.6 is 11.3 Å². The van der Waals surface area contributed by atoms with Crippen LogP contribution in [0.1, 0.15) is 46.3 Å². The van der Waals surface area contributed by atoms with E-state index in [9.17, 15) is 9.59 Å². The van der Waals surface area contributed by atoms with E-state index in [1.807, 2.05) is 5.38 Å². The van der Waals surface area contributed by atoms with Crippen LogP contribution in [0, 0.1) is 0 Å². The minimum Gasteiger partial charge on any atom is -0.370 e. The van der Waals surface area contributed by atoms with Crippen LogP contribution in [0.25, 0.3) is 11.4 Å². The highest BCUT2D eigenvalue weighted by Gasteiger charge is 2.35. The molecule has 0 spiro atoms. The largest absolute Gasteiger partial charge is 0.370 e. The monoisotopic (exact) mass is 435 g/mol. The third-order valence-corrected chi connectivity index (χ3v) is 5.44. The van der Waals surface area contributed by atoms with E-state index in [0.29, 0.717) is 46.0 Å². The molecule has 4 rings (SSSR count). The summed E-state index contributed by atoms with van der Waals surface area (Å²) >= 11 is 1.38. The smallest absolute Gasteiger partial charge is 0.261 e. The van der Waals surface area contributed by atoms with Gasteiger partial charge in [-0.05, 0) is 24.6 Å². The summed E-state index contributed by atoms with van der Waals surface area (Å²) in [5.74, 6) is -0.00123. The Labute approximate surface area is 183 Å². The Bertz CT molecular complexity index is 1120. The van der Waals surface area contributed by atoms with Crippen molar-refractivity contribution in [3.63, 3.8) is 0 Å². The van der Waals surface area contributed by atoms with Crippen molar-refractivity contribution in [1.29, 1.82) is 0 Å². The van der Waals surface area contributed by atoms with Gasteiger partial charge in [0, 0.05) is 18.1 Å². The number of benzene rings is 1. The molecule has 10 heteroatoms. The second-order valence-corrected chi connectivity index (χ2v) is 7.74. The van der Waals surface area contributed by atoms with Crippen molar-refractivity contribution in [3.8, 4) is 11.4 Å². The van der Waals surface area contributed by atoms with Crippen molar-refractivity contribution in [2.45, 2.75) is 26.3 Å². The lowest BCUT2D eigenvalue weighted by Crippen LogP contribution is -2.30. The number of anilines is 1. The summed E-state index contributed by atoms with van der Waals surface area (Å²) in [6.45, 7) is 2.75. The van der Waals surface area contributed by atoms with Crippen molar-refractivity contribution < 1.29 is 9.59 Å². The third-order valence-electron chi connectivity index (χ3n) is 4.68. The van der Waals surface area contributed by atoms with Gasteiger partial charge in [-0.3, -0.25) is 19.5 Å². The molecule has 0 atom stereocenters. The number of nitrogens with two attached hydrogens (primary N) is 1. The lowest BCUT2D eigenvalue weighted by molar-refractivity contribution is 0.0638. The number of carbonyl (C=O) groups excluding carboxylic acids is 2. The molecule has 0 fully saturated rings. The number of hydrogen-bond acceptors (Lipinski definition) is 7. The van der Waals surface area contributed by atoms with E-state index in [4.69, 9.17) is 5.73 Å². The molecule has 0 bridgehead atoms. The number of aromatic nitrogens is 3. The number of guanidine groups is 1. The van der Waals surface area contributed by atoms with E-state index in [-0.39, 0.29) is 18.4 Å². The summed E-state index contributed by atoms with van der Waals surface area (Å²) in [6.07, 6.45) is 3.61. The van der Waals surface area contributed by atoms with E-state index in [1.54, 1.807) is 36.5 Å². The Morgan fingerprint density at radius 3 is 2.58 bits per heavy atom. The predicted octanol–water partition coefficient (Wildman–Crippen LogP) is 2.92. The Kier molecular flexibility index (Phi) is 5.99. The summed E-state index contributed by atoms with van der Waals surface area (Å²) in [7, 11) is 0. The number of imide groups is 1. The quantitative estimate of drug-likeness (QED) is 0.253. The zero-order chi connectivity index (χ0) is 21.8. The molecule has 0 aliphatic carbocycles. The van der Waals surface area contributed by atoms with Crippen LogP contribution in [-0.4, -0.2) is 44.2 Å². The maximum absolute atomic E-state index is 12.6. The first-order chi connectivity index (χ1) is 15.1. The molecule has 9 nitrogen and oxygen atoms in total. The Hall–Kier alpha value is -3.66. The average molecular weight is 436 g/mol. The maximum atomic E-state index is 12.6. The number of nitrogens with one attached hydrogen (secondary N) is 1. The highest BCUT2D eigenvalue weighted by atomic mass is 32.1. The molecule has 1 aromatic carbocycles. The number of aliphatic imine (C=N–C) groups is 1. The standard InChI is InChI=1S/C21H21N7O2S/c1-2-3-9-24-20(22)27-21-26-16(12-31-21)15-8-10-23-17(25-15)11-28-18(29)13-6-4-5-7-14(13)19(28)30/h4-8,10,12H,2-3,9,11H2,1H3,(H3,22,24,26,27). The van der Waals surface area contributed by atoms with Crippen molar-refractivity contribution in [1.82, 2.24) is 19.9 Å². The zero-order valence-electron chi connectivity index (χ0n) is 16.9. The average Bonchev–Trinajstić information content (AvgIpc) is 3.33. The van der Waals surface area contributed by atoms with Crippen LogP contribution in [0.15, 0.2) is 46.9 Å². The van der Waals surface area contributed by atoms with Gasteiger partial charge in [-0.15, -0.1) is 11.3 Å². The van der Waals surface area contributed by atoms with Crippen LogP contribution in [0.2, 0.25) is 0 Å². The molecule has 0 saturated heterocycles. The number of carbonyl (C=O) groups is 2. The first-order valence-corrected chi connectivity index (χ1v) is 10.7. The maximum Gasteiger partial charge on any atom is 0.261 e. The third kappa shape index (κ3) is 4.43. The fourth-order valence-electron chi connectivity index (χ4n) is 3.10. The molecule has 158 valence electrons. The molecule has 0 saturated carbocycles. The predicted molar refractivity (Wildman–Crippen MR) is 119 cm³/mol. The van der Waals surface area contributed by atoms with Gasteiger partial charge in [0.15, 0.2) is 11.1 Å². The Balaban J connectivity index is 1.47. The molecule has 0 radical (unpaired) electrons. The Morgan fingerprint density at radius 2 is 1.87 bits per heavy atom. The van der Waals surface area contributed by atoms with Gasteiger partial charge in [0.25, 0.3) is 11.8 Å². The SMILES string of the molecule is CCCCN=C(N)Nc1nc(-c2ccnc(CN3C(=O)c4ccccc4C3=O)n2)cs1. The first-order valence-electron chi connectivity index (χ1n) is 9.86. The van der Waals surface area contributed by atoms with E-state index >= 15 is 0 Å². The van der Waals surface area contributed by atoms with Crippen molar-refractivity contribution in [3.05, 3.63) is 58.9 Å². The van der Waals surface area contributed by atoms with Gasteiger partial charge in [-0.25, -0.2) is 15.0 Å². The molecular formula is C21H21N7O2S. The minimum absolute atomic E-state index is 0.00747. The van der Waals surface area contributed by atoms with Gasteiger partial charge in [0.2, 0.25) is 0 Å². The fourth-order valence-corrected chi connectivity index (χ4v) is 3.81. The number of rotatable bonds is 7. The second kappa shape index (κ2) is 9.00. The van der Waals surface area contributed by atoms with Crippen LogP contribution in [0.4, 0.5) is 5.13 Å². The fraction of sp³-hybridized carbons (Fsp3) is 0.238. The highest BCUT2D eigenvalue weighted by molar-refractivity contribution is 7.14. The molecule has 3 heterocycles. The molecule has 1 aliphatic heterocycles. The van der Waals surface area contributed by atoms with Gasteiger partial charge in [-0.1, -0.05) is 25.5 Å². The number of thiazole rings is 1. The van der Waals surface area contributed by atoms with Gasteiger partial charge in [-0.2, -0.15) is 0 Å². The molecule has 1 aliphatic rings. The van der Waals surface area contributed by atoms with Crippen LogP contribution < -0.4 is 11.1 Å². The second-order valence-electron chi connectivity index (χ2n) is 6.88. The topological polar surface area (TPSA) is 126 Å². The van der Waals surface area contributed by atoms with Crippen molar-refractivity contribution in [2.75, 3.05) is 11.9 Å². The van der Waals surface area contributed by atoms with Gasteiger partial charge in [0.1, 0.15) is 11.5 Å². The molecular weight excluding hydrogens is 414 g/mol. The number of unbranched alkanes of at least 4 members (excludes halogenated alkanes) is 1. The van der Waals surface area contributed by atoms with Crippen LogP contribution in [-0.2, 0) is 6.54 Å². The first kappa shape index (κ1) is 20.6. The molecule has 2 aromatic heterocycles. The molecule has 3 N–H and O–H groups in total.